The molecule has 1 fully saturated rings. The minimum absolute atomic E-state index is 0.0351. The predicted octanol–water partition coefficient (Wildman–Crippen LogP) is 3.19. The molecule has 0 bridgehead atoms. The van der Waals surface area contributed by atoms with Crippen LogP contribution in [-0.4, -0.2) is 36.4 Å². The second kappa shape index (κ2) is 5.81. The monoisotopic (exact) mass is 287 g/mol. The minimum atomic E-state index is -0.0697. The summed E-state index contributed by atoms with van der Waals surface area (Å²) in [7, 11) is 1.54. The highest BCUT2D eigenvalue weighted by atomic mass is 35.5. The van der Waals surface area contributed by atoms with Crippen LogP contribution in [0, 0.1) is 0 Å². The van der Waals surface area contributed by atoms with Crippen molar-refractivity contribution in [2.24, 2.45) is 0 Å². The molecule has 0 spiro atoms. The summed E-state index contributed by atoms with van der Waals surface area (Å²) >= 11 is 12.0. The molecule has 1 aliphatic heterocycles. The Bertz CT molecular complexity index is 451. The molecule has 2 rings (SSSR count). The Balaban J connectivity index is 2.24. The van der Waals surface area contributed by atoms with Gasteiger partial charge in [-0.1, -0.05) is 11.6 Å². The summed E-state index contributed by atoms with van der Waals surface area (Å²) in [4.78, 5) is 14.2. The Kier molecular flexibility index (Phi) is 4.36. The van der Waals surface area contributed by atoms with Crippen molar-refractivity contribution >= 4 is 29.1 Å². The highest BCUT2D eigenvalue weighted by Crippen LogP contribution is 2.26. The van der Waals surface area contributed by atoms with Crippen molar-refractivity contribution < 1.29 is 9.53 Å². The quantitative estimate of drug-likeness (QED) is 0.782. The number of alkyl halides is 1. The van der Waals surface area contributed by atoms with E-state index >= 15 is 0 Å². The Labute approximate surface area is 117 Å². The van der Waals surface area contributed by atoms with E-state index in [9.17, 15) is 4.79 Å². The van der Waals surface area contributed by atoms with E-state index in [0.717, 1.165) is 19.4 Å². The van der Waals surface area contributed by atoms with E-state index < -0.39 is 0 Å². The molecule has 1 amide bonds. The van der Waals surface area contributed by atoms with Gasteiger partial charge >= 0.3 is 0 Å². The van der Waals surface area contributed by atoms with E-state index in [-0.39, 0.29) is 11.3 Å². The van der Waals surface area contributed by atoms with Gasteiger partial charge in [0.1, 0.15) is 5.75 Å². The maximum Gasteiger partial charge on any atom is 0.257 e. The van der Waals surface area contributed by atoms with E-state index in [1.54, 1.807) is 30.2 Å². The van der Waals surface area contributed by atoms with Gasteiger partial charge in [0, 0.05) is 18.1 Å². The molecular weight excluding hydrogens is 273 g/mol. The van der Waals surface area contributed by atoms with Crippen LogP contribution in [0.5, 0.6) is 5.75 Å². The molecule has 18 heavy (non-hydrogen) atoms. The molecule has 1 heterocycles. The molecule has 1 atom stereocenters. The molecule has 1 unspecified atom stereocenters. The highest BCUT2D eigenvalue weighted by molar-refractivity contribution is 6.31. The standard InChI is InChI=1S/C13H15Cl2NO2/c1-18-12-5-4-9(14)7-11(12)13(17)16-6-2-3-10(15)8-16/h4-5,7,10H,2-3,6,8H2,1H3. The number of hydrogen-bond donors (Lipinski definition) is 0. The summed E-state index contributed by atoms with van der Waals surface area (Å²) in [6.07, 6.45) is 1.89. The lowest BCUT2D eigenvalue weighted by atomic mass is 10.1. The fourth-order valence-electron chi connectivity index (χ4n) is 2.13. The minimum Gasteiger partial charge on any atom is -0.496 e. The predicted molar refractivity (Wildman–Crippen MR) is 72.8 cm³/mol. The van der Waals surface area contributed by atoms with Crippen LogP contribution in [0.25, 0.3) is 0 Å². The third-order valence-electron chi connectivity index (χ3n) is 3.04. The van der Waals surface area contributed by atoms with E-state index in [4.69, 9.17) is 27.9 Å². The first-order valence-electron chi connectivity index (χ1n) is 5.88. The van der Waals surface area contributed by atoms with Crippen LogP contribution in [-0.2, 0) is 0 Å². The van der Waals surface area contributed by atoms with Gasteiger partial charge in [0.15, 0.2) is 0 Å². The van der Waals surface area contributed by atoms with Gasteiger partial charge in [-0.15, -0.1) is 11.6 Å². The Morgan fingerprint density at radius 1 is 1.50 bits per heavy atom. The van der Waals surface area contributed by atoms with Crippen molar-refractivity contribution in [2.75, 3.05) is 20.2 Å². The van der Waals surface area contributed by atoms with Gasteiger partial charge in [0.25, 0.3) is 5.91 Å². The zero-order valence-corrected chi connectivity index (χ0v) is 11.7. The molecule has 1 aromatic carbocycles. The molecule has 1 aliphatic rings. The van der Waals surface area contributed by atoms with Gasteiger partial charge in [0.05, 0.1) is 18.1 Å². The van der Waals surface area contributed by atoms with Gasteiger partial charge in [0.2, 0.25) is 0 Å². The molecule has 98 valence electrons. The van der Waals surface area contributed by atoms with Crippen molar-refractivity contribution in [3.05, 3.63) is 28.8 Å². The number of carbonyl (C=O) groups excluding carboxylic acids is 1. The molecule has 0 saturated carbocycles. The Hall–Kier alpha value is -0.930. The van der Waals surface area contributed by atoms with Crippen LogP contribution in [0.4, 0.5) is 0 Å². The summed E-state index contributed by atoms with van der Waals surface area (Å²) in [5, 5.41) is 0.562. The molecule has 0 radical (unpaired) electrons. The first-order valence-corrected chi connectivity index (χ1v) is 6.70. The smallest absolute Gasteiger partial charge is 0.257 e. The summed E-state index contributed by atoms with van der Waals surface area (Å²) < 4.78 is 5.20. The fourth-order valence-corrected chi connectivity index (χ4v) is 2.62. The summed E-state index contributed by atoms with van der Waals surface area (Å²) in [5.41, 5.74) is 0.496. The molecule has 1 aromatic rings. The first-order chi connectivity index (χ1) is 8.61. The number of carbonyl (C=O) groups is 1. The van der Waals surface area contributed by atoms with E-state index in [0.29, 0.717) is 22.9 Å². The van der Waals surface area contributed by atoms with Gasteiger partial charge < -0.3 is 9.64 Å². The van der Waals surface area contributed by atoms with Gasteiger partial charge in [-0.2, -0.15) is 0 Å². The SMILES string of the molecule is COc1ccc(Cl)cc1C(=O)N1CCCC(Cl)C1. The van der Waals surface area contributed by atoms with Crippen LogP contribution in [0.3, 0.4) is 0 Å². The number of amides is 1. The summed E-state index contributed by atoms with van der Waals surface area (Å²) in [6, 6.07) is 5.05. The first kappa shape index (κ1) is 13.5. The van der Waals surface area contributed by atoms with Crippen LogP contribution in [0.2, 0.25) is 5.02 Å². The van der Waals surface area contributed by atoms with Gasteiger partial charge in [-0.25, -0.2) is 0 Å². The van der Waals surface area contributed by atoms with Gasteiger partial charge in [-0.3, -0.25) is 4.79 Å². The molecule has 0 aromatic heterocycles. The number of likely N-dealkylation sites (tertiary alicyclic amines) is 1. The van der Waals surface area contributed by atoms with Crippen molar-refractivity contribution in [3.8, 4) is 5.75 Å². The van der Waals surface area contributed by atoms with Crippen LogP contribution in [0.1, 0.15) is 23.2 Å². The number of hydrogen-bond acceptors (Lipinski definition) is 2. The molecule has 3 nitrogen and oxygen atoms in total. The molecule has 0 N–H and O–H groups in total. The normalized spacial score (nSPS) is 19.7. The lowest BCUT2D eigenvalue weighted by Crippen LogP contribution is -2.40. The molecule has 5 heteroatoms. The fraction of sp³-hybridized carbons (Fsp3) is 0.462. The number of methoxy groups -OCH3 is 1. The molecule has 1 saturated heterocycles. The Morgan fingerprint density at radius 3 is 2.94 bits per heavy atom. The number of halogens is 2. The van der Waals surface area contributed by atoms with E-state index in [1.807, 2.05) is 0 Å². The molecular formula is C13H15Cl2NO2. The highest BCUT2D eigenvalue weighted by Gasteiger charge is 2.25. The van der Waals surface area contributed by atoms with Crippen LogP contribution < -0.4 is 4.74 Å². The van der Waals surface area contributed by atoms with Crippen LogP contribution >= 0.6 is 23.2 Å². The third kappa shape index (κ3) is 2.90. The number of ether oxygens (including phenoxy) is 1. The number of nitrogens with zero attached hydrogens (tertiary/aromatic N) is 1. The van der Waals surface area contributed by atoms with Crippen molar-refractivity contribution in [2.45, 2.75) is 18.2 Å². The second-order valence-electron chi connectivity index (χ2n) is 4.34. The van der Waals surface area contributed by atoms with E-state index in [1.165, 1.54) is 0 Å². The summed E-state index contributed by atoms with van der Waals surface area (Å²) in [6.45, 7) is 1.31. The molecule has 0 aliphatic carbocycles. The third-order valence-corrected chi connectivity index (χ3v) is 3.63. The number of rotatable bonds is 2. The van der Waals surface area contributed by atoms with Crippen LogP contribution in [0.15, 0.2) is 18.2 Å². The maximum absolute atomic E-state index is 12.4. The summed E-state index contributed by atoms with van der Waals surface area (Å²) in [5.74, 6) is 0.473. The van der Waals surface area contributed by atoms with Crippen molar-refractivity contribution in [3.63, 3.8) is 0 Å². The number of piperidine rings is 1. The van der Waals surface area contributed by atoms with Crippen molar-refractivity contribution in [1.29, 1.82) is 0 Å². The van der Waals surface area contributed by atoms with Gasteiger partial charge in [-0.05, 0) is 31.0 Å². The average Bonchev–Trinajstić information content (AvgIpc) is 2.38. The zero-order valence-electron chi connectivity index (χ0n) is 10.2. The largest absolute Gasteiger partial charge is 0.496 e. The topological polar surface area (TPSA) is 29.5 Å². The van der Waals surface area contributed by atoms with E-state index in [2.05, 4.69) is 0 Å². The van der Waals surface area contributed by atoms with Crippen molar-refractivity contribution in [1.82, 2.24) is 4.90 Å². The Morgan fingerprint density at radius 2 is 2.28 bits per heavy atom. The lowest BCUT2D eigenvalue weighted by molar-refractivity contribution is 0.0723. The maximum atomic E-state index is 12.4. The average molecular weight is 288 g/mol. The number of benzene rings is 1. The lowest BCUT2D eigenvalue weighted by Gasteiger charge is -2.30. The second-order valence-corrected chi connectivity index (χ2v) is 5.39. The zero-order chi connectivity index (χ0) is 13.1.